The molecule has 1 aromatic rings. The molecule has 0 aliphatic rings. The molecule has 142 valence electrons. The van der Waals surface area contributed by atoms with Crippen molar-refractivity contribution < 1.29 is 23.1 Å². The maximum atomic E-state index is 12.4. The van der Waals surface area contributed by atoms with Crippen LogP contribution in [0, 0.1) is 0 Å². The highest BCUT2D eigenvalue weighted by Crippen LogP contribution is 2.35. The van der Waals surface area contributed by atoms with Crippen LogP contribution in [0.3, 0.4) is 0 Å². The Bertz CT molecular complexity index is 652. The van der Waals surface area contributed by atoms with Crippen molar-refractivity contribution in [3.05, 3.63) is 23.8 Å². The smallest absolute Gasteiger partial charge is 0.303 e. The summed E-state index contributed by atoms with van der Waals surface area (Å²) in [5.74, 6) is -0.462. The van der Waals surface area contributed by atoms with Gasteiger partial charge in [0.2, 0.25) is 0 Å². The molecule has 0 aliphatic heterocycles. The van der Waals surface area contributed by atoms with E-state index in [4.69, 9.17) is 4.74 Å². The van der Waals surface area contributed by atoms with E-state index in [0.29, 0.717) is 12.2 Å². The third-order valence-corrected chi connectivity index (χ3v) is 6.15. The number of sulfone groups is 1. The molecule has 1 aromatic carbocycles. The molecule has 0 saturated heterocycles. The minimum absolute atomic E-state index is 0.0159. The molecular formula is C19H30O5S. The summed E-state index contributed by atoms with van der Waals surface area (Å²) in [6, 6.07) is 4.84. The Labute approximate surface area is 151 Å². The molecule has 0 saturated carbocycles. The van der Waals surface area contributed by atoms with E-state index in [1.807, 2.05) is 6.92 Å². The van der Waals surface area contributed by atoms with Crippen molar-refractivity contribution in [3.8, 4) is 5.75 Å². The lowest BCUT2D eigenvalue weighted by atomic mass is 9.89. The fourth-order valence-corrected chi connectivity index (χ4v) is 4.36. The SMILES string of the molecule is CCCCCC(CC(=O)O)c1ccc(S(=O)(=O)CCCC)cc1OC. The molecule has 0 heterocycles. The Balaban J connectivity index is 3.13. The minimum Gasteiger partial charge on any atom is -0.496 e. The van der Waals surface area contributed by atoms with Gasteiger partial charge in [-0.1, -0.05) is 45.6 Å². The van der Waals surface area contributed by atoms with Crippen LogP contribution >= 0.6 is 0 Å². The van der Waals surface area contributed by atoms with E-state index < -0.39 is 15.8 Å². The first-order valence-corrected chi connectivity index (χ1v) is 10.6. The first-order chi connectivity index (χ1) is 11.9. The van der Waals surface area contributed by atoms with Gasteiger partial charge >= 0.3 is 5.97 Å². The van der Waals surface area contributed by atoms with Crippen LogP contribution in [0.15, 0.2) is 23.1 Å². The molecule has 0 aromatic heterocycles. The summed E-state index contributed by atoms with van der Waals surface area (Å²) >= 11 is 0. The Hall–Kier alpha value is -1.56. The predicted molar refractivity (Wildman–Crippen MR) is 99.1 cm³/mol. The van der Waals surface area contributed by atoms with Crippen molar-refractivity contribution in [3.63, 3.8) is 0 Å². The summed E-state index contributed by atoms with van der Waals surface area (Å²) in [5, 5.41) is 9.21. The van der Waals surface area contributed by atoms with E-state index in [1.165, 1.54) is 13.2 Å². The summed E-state index contributed by atoms with van der Waals surface area (Å²) < 4.78 is 30.2. The Kier molecular flexibility index (Phi) is 8.97. The normalized spacial score (nSPS) is 12.8. The number of ether oxygens (including phenoxy) is 1. The molecule has 6 heteroatoms. The molecule has 0 spiro atoms. The van der Waals surface area contributed by atoms with E-state index in [2.05, 4.69) is 6.92 Å². The third kappa shape index (κ3) is 6.69. The maximum Gasteiger partial charge on any atom is 0.303 e. The van der Waals surface area contributed by atoms with Crippen LogP contribution < -0.4 is 4.74 Å². The molecule has 1 rings (SSSR count). The molecule has 0 amide bonds. The monoisotopic (exact) mass is 370 g/mol. The van der Waals surface area contributed by atoms with Gasteiger partial charge in [-0.15, -0.1) is 0 Å². The van der Waals surface area contributed by atoms with Crippen LogP contribution in [0.25, 0.3) is 0 Å². The number of hydrogen-bond donors (Lipinski definition) is 1. The van der Waals surface area contributed by atoms with Gasteiger partial charge in [-0.3, -0.25) is 4.79 Å². The molecule has 1 unspecified atom stereocenters. The number of methoxy groups -OCH3 is 1. The van der Waals surface area contributed by atoms with Crippen LogP contribution in [0.1, 0.15) is 70.3 Å². The Morgan fingerprint density at radius 1 is 1.16 bits per heavy atom. The zero-order valence-electron chi connectivity index (χ0n) is 15.5. The number of carbonyl (C=O) groups is 1. The predicted octanol–water partition coefficient (Wildman–Crippen LogP) is 4.41. The second-order valence-corrected chi connectivity index (χ2v) is 8.48. The summed E-state index contributed by atoms with van der Waals surface area (Å²) in [6.45, 7) is 4.05. The van der Waals surface area contributed by atoms with Gasteiger partial charge in [0.05, 0.1) is 24.2 Å². The van der Waals surface area contributed by atoms with Crippen LogP contribution in [0.2, 0.25) is 0 Å². The first kappa shape index (κ1) is 21.5. The highest BCUT2D eigenvalue weighted by Gasteiger charge is 2.22. The molecule has 5 nitrogen and oxygen atoms in total. The second-order valence-electron chi connectivity index (χ2n) is 6.37. The zero-order valence-corrected chi connectivity index (χ0v) is 16.3. The van der Waals surface area contributed by atoms with Crippen molar-refractivity contribution in [2.45, 2.75) is 69.6 Å². The number of unbranched alkanes of at least 4 members (excludes halogenated alkanes) is 3. The van der Waals surface area contributed by atoms with Crippen molar-refractivity contribution in [2.24, 2.45) is 0 Å². The lowest BCUT2D eigenvalue weighted by molar-refractivity contribution is -0.137. The van der Waals surface area contributed by atoms with Gasteiger partial charge < -0.3 is 9.84 Å². The van der Waals surface area contributed by atoms with Crippen molar-refractivity contribution in [1.29, 1.82) is 0 Å². The summed E-state index contributed by atoms with van der Waals surface area (Å²) in [5.41, 5.74) is 0.774. The van der Waals surface area contributed by atoms with Gasteiger partial charge in [0, 0.05) is 0 Å². The standard InChI is InChI=1S/C19H30O5S/c1-4-6-8-9-15(13-19(20)21)17-11-10-16(14-18(17)24-3)25(22,23)12-7-5-2/h10-11,14-15H,4-9,12-13H2,1-3H3,(H,20,21). The van der Waals surface area contributed by atoms with Crippen molar-refractivity contribution in [2.75, 3.05) is 12.9 Å². The quantitative estimate of drug-likeness (QED) is 0.551. The van der Waals surface area contributed by atoms with Gasteiger partial charge in [0.1, 0.15) is 5.75 Å². The number of aliphatic carboxylic acids is 1. The first-order valence-electron chi connectivity index (χ1n) is 8.98. The highest BCUT2D eigenvalue weighted by molar-refractivity contribution is 7.91. The maximum absolute atomic E-state index is 12.4. The molecule has 0 bridgehead atoms. The molecule has 1 atom stereocenters. The Morgan fingerprint density at radius 2 is 1.84 bits per heavy atom. The number of hydrogen-bond acceptors (Lipinski definition) is 4. The fourth-order valence-electron chi connectivity index (χ4n) is 2.89. The molecule has 1 N–H and O–H groups in total. The number of carboxylic acids is 1. The van der Waals surface area contributed by atoms with E-state index in [0.717, 1.165) is 37.7 Å². The minimum atomic E-state index is -3.34. The topological polar surface area (TPSA) is 80.7 Å². The lowest BCUT2D eigenvalue weighted by Gasteiger charge is -2.19. The van der Waals surface area contributed by atoms with Crippen molar-refractivity contribution >= 4 is 15.8 Å². The van der Waals surface area contributed by atoms with Gasteiger partial charge in [0.15, 0.2) is 9.84 Å². The molecule has 0 fully saturated rings. The highest BCUT2D eigenvalue weighted by atomic mass is 32.2. The Morgan fingerprint density at radius 3 is 2.40 bits per heavy atom. The van der Waals surface area contributed by atoms with E-state index in [9.17, 15) is 18.3 Å². The van der Waals surface area contributed by atoms with E-state index in [1.54, 1.807) is 12.1 Å². The van der Waals surface area contributed by atoms with E-state index in [-0.39, 0.29) is 23.0 Å². The average molecular weight is 371 g/mol. The summed E-state index contributed by atoms with van der Waals surface area (Å²) in [7, 11) is -1.85. The second kappa shape index (κ2) is 10.4. The molecule has 25 heavy (non-hydrogen) atoms. The van der Waals surface area contributed by atoms with Crippen LogP contribution in [-0.2, 0) is 14.6 Å². The van der Waals surface area contributed by atoms with Crippen LogP contribution in [-0.4, -0.2) is 32.4 Å². The molecular weight excluding hydrogens is 340 g/mol. The number of benzene rings is 1. The summed E-state index contributed by atoms with van der Waals surface area (Å²) in [6.07, 6.45) is 5.24. The van der Waals surface area contributed by atoms with Gasteiger partial charge in [-0.05, 0) is 36.5 Å². The average Bonchev–Trinajstić information content (AvgIpc) is 2.58. The van der Waals surface area contributed by atoms with Gasteiger partial charge in [-0.25, -0.2) is 8.42 Å². The van der Waals surface area contributed by atoms with Gasteiger partial charge in [-0.2, -0.15) is 0 Å². The number of rotatable bonds is 12. The van der Waals surface area contributed by atoms with E-state index >= 15 is 0 Å². The fraction of sp³-hybridized carbons (Fsp3) is 0.632. The van der Waals surface area contributed by atoms with Crippen LogP contribution in [0.4, 0.5) is 0 Å². The zero-order chi connectivity index (χ0) is 18.9. The molecule has 0 radical (unpaired) electrons. The third-order valence-electron chi connectivity index (χ3n) is 4.35. The number of carboxylic acid groups (broad SMARTS) is 1. The largest absolute Gasteiger partial charge is 0.496 e. The van der Waals surface area contributed by atoms with Gasteiger partial charge in [0.25, 0.3) is 0 Å². The summed E-state index contributed by atoms with van der Waals surface area (Å²) in [4.78, 5) is 11.5. The van der Waals surface area contributed by atoms with Crippen molar-refractivity contribution in [1.82, 2.24) is 0 Å². The van der Waals surface area contributed by atoms with Crippen LogP contribution in [0.5, 0.6) is 5.75 Å². The lowest BCUT2D eigenvalue weighted by Crippen LogP contribution is -2.10. The molecule has 0 aliphatic carbocycles.